The molecule has 0 radical (unpaired) electrons. The summed E-state index contributed by atoms with van der Waals surface area (Å²) < 4.78 is 5.41. The van der Waals surface area contributed by atoms with Crippen LogP contribution in [0.4, 0.5) is 4.79 Å². The number of nitrogens with one attached hydrogen (secondary N) is 2. The van der Waals surface area contributed by atoms with E-state index in [9.17, 15) is 14.7 Å². The molecule has 0 aliphatic carbocycles. The number of allylic oxidation sites excluding steroid dienone is 1. The van der Waals surface area contributed by atoms with Gasteiger partial charge in [-0.1, -0.05) is 42.5 Å². The minimum absolute atomic E-state index is 0.109. The largest absolute Gasteiger partial charge is 0.508 e. The van der Waals surface area contributed by atoms with Gasteiger partial charge in [-0.2, -0.15) is 0 Å². The molecule has 1 heterocycles. The maximum absolute atomic E-state index is 12.6. The highest BCUT2D eigenvalue weighted by atomic mass is 16.5. The monoisotopic (exact) mass is 338 g/mol. The number of carbonyl (C=O) groups is 2. The first kappa shape index (κ1) is 16.6. The third-order valence-electron chi connectivity index (χ3n) is 3.93. The number of urea groups is 1. The molecule has 0 bridgehead atoms. The molecule has 1 atom stereocenters. The Labute approximate surface area is 145 Å². The number of esters is 1. The van der Waals surface area contributed by atoms with Gasteiger partial charge in [-0.05, 0) is 30.2 Å². The van der Waals surface area contributed by atoms with E-state index in [2.05, 4.69) is 10.6 Å². The van der Waals surface area contributed by atoms with E-state index in [0.717, 1.165) is 5.56 Å². The standard InChI is InChI=1S/C19H18N2O4/c1-12-16(18(23)25-11-13-5-3-2-4-6-13)17(21-19(24)20-12)14-7-9-15(22)10-8-14/h2-10,17,22H,11H2,1H3,(H2,20,21,24)/t17-/m0/s1. The summed E-state index contributed by atoms with van der Waals surface area (Å²) >= 11 is 0. The fourth-order valence-electron chi connectivity index (χ4n) is 2.68. The molecule has 6 heteroatoms. The van der Waals surface area contributed by atoms with Crippen molar-refractivity contribution >= 4 is 12.0 Å². The van der Waals surface area contributed by atoms with E-state index in [4.69, 9.17) is 4.74 Å². The van der Waals surface area contributed by atoms with E-state index in [1.54, 1.807) is 19.1 Å². The number of ether oxygens (including phenoxy) is 1. The van der Waals surface area contributed by atoms with Crippen LogP contribution in [0.25, 0.3) is 0 Å². The molecule has 3 rings (SSSR count). The van der Waals surface area contributed by atoms with Crippen LogP contribution in [-0.2, 0) is 16.1 Å². The molecule has 1 aliphatic rings. The van der Waals surface area contributed by atoms with Gasteiger partial charge in [-0.15, -0.1) is 0 Å². The summed E-state index contributed by atoms with van der Waals surface area (Å²) in [5.74, 6) is -0.398. The summed E-state index contributed by atoms with van der Waals surface area (Å²) in [6.07, 6.45) is 0. The lowest BCUT2D eigenvalue weighted by atomic mass is 9.95. The van der Waals surface area contributed by atoms with Crippen molar-refractivity contribution in [2.24, 2.45) is 0 Å². The number of hydrogen-bond donors (Lipinski definition) is 3. The fraction of sp³-hybridized carbons (Fsp3) is 0.158. The van der Waals surface area contributed by atoms with Crippen LogP contribution in [0.1, 0.15) is 24.1 Å². The summed E-state index contributed by atoms with van der Waals surface area (Å²) in [4.78, 5) is 24.4. The zero-order valence-electron chi connectivity index (χ0n) is 13.7. The highest BCUT2D eigenvalue weighted by Crippen LogP contribution is 2.28. The number of aromatic hydroxyl groups is 1. The van der Waals surface area contributed by atoms with Crippen LogP contribution in [-0.4, -0.2) is 17.1 Å². The van der Waals surface area contributed by atoms with Crippen molar-refractivity contribution in [2.75, 3.05) is 0 Å². The van der Waals surface area contributed by atoms with Crippen molar-refractivity contribution in [3.8, 4) is 5.75 Å². The number of phenols is 1. The molecule has 128 valence electrons. The van der Waals surface area contributed by atoms with Crippen LogP contribution in [0.3, 0.4) is 0 Å². The molecule has 0 saturated carbocycles. The topological polar surface area (TPSA) is 87.7 Å². The molecular formula is C19H18N2O4. The van der Waals surface area contributed by atoms with Crippen LogP contribution in [0.5, 0.6) is 5.75 Å². The molecule has 2 aromatic carbocycles. The summed E-state index contributed by atoms with van der Waals surface area (Å²) in [7, 11) is 0. The maximum Gasteiger partial charge on any atom is 0.338 e. The van der Waals surface area contributed by atoms with Crippen molar-refractivity contribution in [2.45, 2.75) is 19.6 Å². The molecule has 2 amide bonds. The lowest BCUT2D eigenvalue weighted by Gasteiger charge is -2.28. The lowest BCUT2D eigenvalue weighted by molar-refractivity contribution is -0.140. The zero-order valence-corrected chi connectivity index (χ0v) is 13.7. The first-order valence-corrected chi connectivity index (χ1v) is 7.83. The highest BCUT2D eigenvalue weighted by molar-refractivity contribution is 5.95. The number of benzene rings is 2. The van der Waals surface area contributed by atoms with Gasteiger partial charge in [0.15, 0.2) is 0 Å². The van der Waals surface area contributed by atoms with Gasteiger partial charge in [0.05, 0.1) is 11.6 Å². The Morgan fingerprint density at radius 2 is 1.80 bits per heavy atom. The smallest absolute Gasteiger partial charge is 0.338 e. The van der Waals surface area contributed by atoms with Gasteiger partial charge in [0, 0.05) is 5.70 Å². The highest BCUT2D eigenvalue weighted by Gasteiger charge is 2.32. The quantitative estimate of drug-likeness (QED) is 0.748. The average Bonchev–Trinajstić information content (AvgIpc) is 2.60. The first-order valence-electron chi connectivity index (χ1n) is 7.83. The summed E-state index contributed by atoms with van der Waals surface area (Å²) in [5.41, 5.74) is 2.34. The molecule has 6 nitrogen and oxygen atoms in total. The molecule has 25 heavy (non-hydrogen) atoms. The minimum atomic E-state index is -0.641. The number of amides is 2. The number of rotatable bonds is 4. The Balaban J connectivity index is 1.84. The van der Waals surface area contributed by atoms with Crippen LogP contribution < -0.4 is 10.6 Å². The molecule has 0 saturated heterocycles. The Bertz CT molecular complexity index is 813. The van der Waals surface area contributed by atoms with Crippen molar-refractivity contribution in [1.82, 2.24) is 10.6 Å². The number of carbonyl (C=O) groups excluding carboxylic acids is 2. The molecule has 3 N–H and O–H groups in total. The molecule has 1 aliphatic heterocycles. The van der Waals surface area contributed by atoms with Crippen molar-refractivity contribution in [1.29, 1.82) is 0 Å². The Morgan fingerprint density at radius 3 is 2.48 bits per heavy atom. The molecule has 0 spiro atoms. The third-order valence-corrected chi connectivity index (χ3v) is 3.93. The second-order valence-electron chi connectivity index (χ2n) is 5.72. The second-order valence-corrected chi connectivity index (χ2v) is 5.72. The van der Waals surface area contributed by atoms with E-state index in [1.807, 2.05) is 30.3 Å². The van der Waals surface area contributed by atoms with Gasteiger partial charge in [0.2, 0.25) is 0 Å². The summed E-state index contributed by atoms with van der Waals surface area (Å²) in [5, 5.41) is 14.8. The van der Waals surface area contributed by atoms with Gasteiger partial charge in [-0.25, -0.2) is 9.59 Å². The van der Waals surface area contributed by atoms with E-state index in [0.29, 0.717) is 16.8 Å². The first-order chi connectivity index (χ1) is 12.0. The van der Waals surface area contributed by atoms with Crippen LogP contribution in [0.2, 0.25) is 0 Å². The minimum Gasteiger partial charge on any atom is -0.508 e. The predicted octanol–water partition coefficient (Wildman–Crippen LogP) is 2.76. The van der Waals surface area contributed by atoms with Gasteiger partial charge < -0.3 is 20.5 Å². The Hall–Kier alpha value is -3.28. The third kappa shape index (κ3) is 3.80. The van der Waals surface area contributed by atoms with Gasteiger partial charge in [0.1, 0.15) is 12.4 Å². The number of hydrogen-bond acceptors (Lipinski definition) is 4. The lowest BCUT2D eigenvalue weighted by Crippen LogP contribution is -2.45. The Kier molecular flexibility index (Phi) is 4.70. The van der Waals surface area contributed by atoms with Gasteiger partial charge in [0.25, 0.3) is 0 Å². The van der Waals surface area contributed by atoms with E-state index < -0.39 is 18.0 Å². The molecule has 0 unspecified atom stereocenters. The van der Waals surface area contributed by atoms with Crippen molar-refractivity contribution < 1.29 is 19.4 Å². The Morgan fingerprint density at radius 1 is 1.12 bits per heavy atom. The van der Waals surface area contributed by atoms with Crippen LogP contribution in [0, 0.1) is 0 Å². The molecule has 0 aromatic heterocycles. The fourth-order valence-corrected chi connectivity index (χ4v) is 2.68. The molecule has 0 fully saturated rings. The molecule has 2 aromatic rings. The second kappa shape index (κ2) is 7.09. The predicted molar refractivity (Wildman–Crippen MR) is 91.5 cm³/mol. The van der Waals surface area contributed by atoms with Crippen molar-refractivity contribution in [3.63, 3.8) is 0 Å². The van der Waals surface area contributed by atoms with Crippen LogP contribution >= 0.6 is 0 Å². The van der Waals surface area contributed by atoms with E-state index in [-0.39, 0.29) is 12.4 Å². The van der Waals surface area contributed by atoms with E-state index >= 15 is 0 Å². The summed E-state index contributed by atoms with van der Waals surface area (Å²) in [6.45, 7) is 1.80. The normalized spacial score (nSPS) is 16.8. The van der Waals surface area contributed by atoms with Gasteiger partial charge in [-0.3, -0.25) is 0 Å². The number of phenolic OH excluding ortho intramolecular Hbond substituents is 1. The van der Waals surface area contributed by atoms with Gasteiger partial charge >= 0.3 is 12.0 Å². The SMILES string of the molecule is CC1=C(C(=O)OCc2ccccc2)[C@H](c2ccc(O)cc2)NC(=O)N1. The van der Waals surface area contributed by atoms with Crippen LogP contribution in [0.15, 0.2) is 65.9 Å². The van der Waals surface area contributed by atoms with Crippen molar-refractivity contribution in [3.05, 3.63) is 77.0 Å². The maximum atomic E-state index is 12.6. The average molecular weight is 338 g/mol. The molecular weight excluding hydrogens is 320 g/mol. The zero-order chi connectivity index (χ0) is 17.8. The van der Waals surface area contributed by atoms with E-state index in [1.165, 1.54) is 12.1 Å². The summed E-state index contributed by atoms with van der Waals surface area (Å²) in [6, 6.07) is 14.7.